The molecule has 4 heavy (non-hydrogen) atoms. The van der Waals surface area contributed by atoms with Crippen LogP contribution in [0.25, 0.3) is 0 Å². The van der Waals surface area contributed by atoms with Crippen LogP contribution in [0.1, 0.15) is 0 Å². The quantitative estimate of drug-likeness (QED) is 0.513. The van der Waals surface area contributed by atoms with E-state index < -0.39 is 0 Å². The van der Waals surface area contributed by atoms with Gasteiger partial charge >= 0.3 is 71.1 Å². The standard InChI is InChI=1S/Gd.2O.U/q+3;2*-2;+6. The van der Waals surface area contributed by atoms with Gasteiger partial charge in [-0.2, -0.15) is 0 Å². The average Bonchev–Trinajstić information content (AvgIpc) is 0. The minimum atomic E-state index is 0. The Kier molecular flexibility index (Phi) is 155. The fourth-order valence-electron chi connectivity index (χ4n) is 0. The summed E-state index contributed by atoms with van der Waals surface area (Å²) in [5.74, 6) is 0. The molecule has 0 aliphatic carbocycles. The Morgan fingerprint density at radius 3 is 0.750 bits per heavy atom. The summed E-state index contributed by atoms with van der Waals surface area (Å²) in [7, 11) is 0. The van der Waals surface area contributed by atoms with E-state index in [4.69, 9.17) is 0 Å². The van der Waals surface area contributed by atoms with E-state index in [1.54, 1.807) is 0 Å². The minimum absolute atomic E-state index is 0. The monoisotopic (exact) mass is 428 g/mol. The van der Waals surface area contributed by atoms with Crippen molar-refractivity contribution in [1.82, 2.24) is 0 Å². The Labute approximate surface area is 80.4 Å². The predicted octanol–water partition coefficient (Wildman–Crippen LogP) is -0.238. The van der Waals surface area contributed by atoms with Gasteiger partial charge in [0.1, 0.15) is 0 Å². The Hall–Kier alpha value is 2.30. The fraction of sp³-hybridized carbons (Fsp3) is 0. The van der Waals surface area contributed by atoms with Crippen molar-refractivity contribution >= 4 is 0 Å². The van der Waals surface area contributed by atoms with Crippen LogP contribution < -0.4 is 0 Å². The zero-order valence-corrected chi connectivity index (χ0v) is 8.10. The van der Waals surface area contributed by atoms with E-state index in [1.807, 2.05) is 0 Å². The van der Waals surface area contributed by atoms with Gasteiger partial charge in [-0.15, -0.1) is 0 Å². The van der Waals surface area contributed by atoms with Crippen molar-refractivity contribution in [2.75, 3.05) is 0 Å². The summed E-state index contributed by atoms with van der Waals surface area (Å²) in [5, 5.41) is 0. The molecule has 19 valence electrons. The smallest absolute Gasteiger partial charge is 2.00 e. The second kappa shape index (κ2) is 18.5. The maximum atomic E-state index is 0. The van der Waals surface area contributed by atoms with Crippen LogP contribution in [-0.2, 0) is 11.0 Å². The molecule has 0 amide bonds. The number of hydrogen-bond donors (Lipinski definition) is 0. The third kappa shape index (κ3) is 8.85. The molecule has 1 radical (unpaired) electrons. The topological polar surface area (TPSA) is 57.0 Å². The molecule has 0 rings (SSSR count). The molecule has 0 unspecified atom stereocenters. The van der Waals surface area contributed by atoms with Gasteiger partial charge in [-0.05, 0) is 0 Å². The van der Waals surface area contributed by atoms with Crippen molar-refractivity contribution in [2.24, 2.45) is 0 Å². The summed E-state index contributed by atoms with van der Waals surface area (Å²) in [6.07, 6.45) is 0. The van der Waals surface area contributed by atoms with Crippen molar-refractivity contribution in [3.63, 3.8) is 0 Å². The summed E-state index contributed by atoms with van der Waals surface area (Å²) < 4.78 is 0. The van der Waals surface area contributed by atoms with E-state index in [9.17, 15) is 0 Å². The molecule has 0 aromatic rings. The van der Waals surface area contributed by atoms with E-state index in [2.05, 4.69) is 0 Å². The molecule has 0 saturated carbocycles. The first-order valence-electron chi connectivity index (χ1n) is 0. The Morgan fingerprint density at radius 2 is 0.750 bits per heavy atom. The van der Waals surface area contributed by atoms with Gasteiger partial charge in [-0.3, -0.25) is 0 Å². The largest absolute Gasteiger partial charge is 6.00 e. The molecule has 0 spiro atoms. The van der Waals surface area contributed by atoms with E-state index in [1.165, 1.54) is 0 Å². The molecular formula is GdO2U+5. The normalized spacial score (nSPS) is 0. The third-order valence-electron chi connectivity index (χ3n) is 0. The first kappa shape index (κ1) is 33.5. The molecule has 0 saturated heterocycles. The second-order valence-corrected chi connectivity index (χ2v) is 0. The molecule has 0 aromatic carbocycles. The van der Waals surface area contributed by atoms with Gasteiger partial charge in [0.2, 0.25) is 0 Å². The van der Waals surface area contributed by atoms with Gasteiger partial charge in [0, 0.05) is 0 Å². The predicted molar refractivity (Wildman–Crippen MR) is 1.37 cm³/mol. The van der Waals surface area contributed by atoms with Gasteiger partial charge in [0.15, 0.2) is 0 Å². The van der Waals surface area contributed by atoms with Crippen LogP contribution in [0.5, 0.6) is 0 Å². The van der Waals surface area contributed by atoms with Gasteiger partial charge in [-0.25, -0.2) is 0 Å². The van der Waals surface area contributed by atoms with Crippen molar-refractivity contribution < 1.29 is 82.0 Å². The summed E-state index contributed by atoms with van der Waals surface area (Å²) in [6, 6.07) is 0. The van der Waals surface area contributed by atoms with Crippen LogP contribution in [0.15, 0.2) is 0 Å². The zero-order valence-electron chi connectivity index (χ0n) is 1.67. The van der Waals surface area contributed by atoms with Crippen molar-refractivity contribution in [1.29, 1.82) is 0 Å². The van der Waals surface area contributed by atoms with Crippen molar-refractivity contribution in [2.45, 2.75) is 0 Å². The van der Waals surface area contributed by atoms with Gasteiger partial charge < -0.3 is 11.0 Å². The maximum Gasteiger partial charge on any atom is 6.00 e. The van der Waals surface area contributed by atoms with Crippen LogP contribution in [-0.4, -0.2) is 0 Å². The molecule has 0 N–H and O–H groups in total. The Morgan fingerprint density at radius 1 is 0.750 bits per heavy atom. The summed E-state index contributed by atoms with van der Waals surface area (Å²) in [6.45, 7) is 0. The summed E-state index contributed by atoms with van der Waals surface area (Å²) in [4.78, 5) is 0. The number of hydrogen-bond acceptors (Lipinski definition) is 0. The van der Waals surface area contributed by atoms with Crippen molar-refractivity contribution in [3.05, 3.63) is 0 Å². The van der Waals surface area contributed by atoms with E-state index in [-0.39, 0.29) is 82.0 Å². The minimum Gasteiger partial charge on any atom is -2.00 e. The molecule has 0 aliphatic heterocycles. The van der Waals surface area contributed by atoms with Crippen LogP contribution in [0.2, 0.25) is 0 Å². The van der Waals surface area contributed by atoms with Gasteiger partial charge in [-0.1, -0.05) is 0 Å². The Bertz CT molecular complexity index is 6.00. The van der Waals surface area contributed by atoms with Crippen LogP contribution >= 0.6 is 0 Å². The van der Waals surface area contributed by atoms with Crippen LogP contribution in [0.3, 0.4) is 0 Å². The SMILES string of the molecule is [Gd+3].[O-2].[O-2].[U+6]. The molecule has 0 fully saturated rings. The number of rotatable bonds is 0. The molecule has 2 nitrogen and oxygen atoms in total. The summed E-state index contributed by atoms with van der Waals surface area (Å²) in [5.41, 5.74) is 0. The third-order valence-corrected chi connectivity index (χ3v) is 0. The molecule has 0 atom stereocenters. The first-order chi connectivity index (χ1) is 0. The Balaban J connectivity index is 0. The van der Waals surface area contributed by atoms with E-state index in [0.717, 1.165) is 0 Å². The first-order valence-corrected chi connectivity index (χ1v) is 0. The van der Waals surface area contributed by atoms with E-state index >= 15 is 0 Å². The van der Waals surface area contributed by atoms with Crippen molar-refractivity contribution in [3.8, 4) is 0 Å². The molecule has 0 aromatic heterocycles. The second-order valence-electron chi connectivity index (χ2n) is 0. The van der Waals surface area contributed by atoms with Gasteiger partial charge in [0.25, 0.3) is 0 Å². The molecule has 0 bridgehead atoms. The van der Waals surface area contributed by atoms with Crippen LogP contribution in [0.4, 0.5) is 0 Å². The average molecular weight is 427 g/mol. The fourth-order valence-corrected chi connectivity index (χ4v) is 0. The zero-order chi connectivity index (χ0) is 0. The maximum absolute atomic E-state index is 0. The van der Waals surface area contributed by atoms with Crippen LogP contribution in [0, 0.1) is 71.1 Å². The molecule has 0 heterocycles. The molecule has 4 heteroatoms. The molecular weight excluding hydrogens is 427 g/mol. The summed E-state index contributed by atoms with van der Waals surface area (Å²) >= 11 is 0. The molecule has 0 aliphatic rings. The van der Waals surface area contributed by atoms with Gasteiger partial charge in [0.05, 0.1) is 0 Å². The van der Waals surface area contributed by atoms with E-state index in [0.29, 0.717) is 0 Å².